The monoisotopic (exact) mass is 322 g/mol. The van der Waals surface area contributed by atoms with Crippen LogP contribution in [0.2, 0.25) is 0 Å². The average molecular weight is 322 g/mol. The summed E-state index contributed by atoms with van der Waals surface area (Å²) in [6, 6.07) is 18.3. The number of carbonyl (C=O) groups is 1. The molecule has 2 aliphatic rings. The number of ether oxygens (including phenoxy) is 1. The predicted octanol–water partition coefficient (Wildman–Crippen LogP) is 2.25. The number of fused-ring (bicyclic) bond motifs is 1. The molecule has 4 rings (SSSR count). The first-order valence-electron chi connectivity index (χ1n) is 8.53. The zero-order valence-corrected chi connectivity index (χ0v) is 13.6. The van der Waals surface area contributed by atoms with Crippen LogP contribution in [0.5, 0.6) is 0 Å². The first-order chi connectivity index (χ1) is 11.7. The maximum atomic E-state index is 13.0. The lowest BCUT2D eigenvalue weighted by atomic mass is 9.95. The molecule has 0 aliphatic carbocycles. The number of hydrogen-bond acceptors (Lipinski definition) is 3. The van der Waals surface area contributed by atoms with E-state index in [2.05, 4.69) is 18.2 Å². The second kappa shape index (κ2) is 6.38. The van der Waals surface area contributed by atoms with Crippen molar-refractivity contribution in [2.45, 2.75) is 24.5 Å². The standard InChI is InChI=1S/C20H22N2O2/c21-18-13-22(12-17(18)14-6-2-1-3-7-14)20(23)19-16-9-5-4-8-15(16)10-11-24-19/h1-9,17-19H,10-13,21H2/t17-,18+,19?/m0/s1. The van der Waals surface area contributed by atoms with Crippen molar-refractivity contribution in [2.75, 3.05) is 19.7 Å². The zero-order chi connectivity index (χ0) is 16.5. The van der Waals surface area contributed by atoms with Gasteiger partial charge in [0.2, 0.25) is 0 Å². The highest BCUT2D eigenvalue weighted by molar-refractivity contribution is 5.83. The number of benzene rings is 2. The van der Waals surface area contributed by atoms with Crippen LogP contribution < -0.4 is 5.73 Å². The summed E-state index contributed by atoms with van der Waals surface area (Å²) in [4.78, 5) is 14.9. The van der Waals surface area contributed by atoms with Gasteiger partial charge in [-0.1, -0.05) is 54.6 Å². The fraction of sp³-hybridized carbons (Fsp3) is 0.350. The summed E-state index contributed by atoms with van der Waals surface area (Å²) in [7, 11) is 0. The molecule has 0 spiro atoms. The minimum atomic E-state index is -0.489. The summed E-state index contributed by atoms with van der Waals surface area (Å²) in [5.41, 5.74) is 9.75. The van der Waals surface area contributed by atoms with Crippen molar-refractivity contribution in [3.8, 4) is 0 Å². The van der Waals surface area contributed by atoms with Crippen LogP contribution in [-0.2, 0) is 16.0 Å². The number of nitrogens with zero attached hydrogens (tertiary/aromatic N) is 1. The molecule has 1 unspecified atom stereocenters. The molecule has 2 aliphatic heterocycles. The van der Waals surface area contributed by atoms with Gasteiger partial charge in [0.05, 0.1) is 6.61 Å². The molecule has 0 aromatic heterocycles. The lowest BCUT2D eigenvalue weighted by Gasteiger charge is -2.28. The molecule has 3 atom stereocenters. The molecule has 2 aromatic carbocycles. The van der Waals surface area contributed by atoms with Gasteiger partial charge in [0, 0.05) is 25.0 Å². The van der Waals surface area contributed by atoms with Gasteiger partial charge >= 0.3 is 0 Å². The van der Waals surface area contributed by atoms with Gasteiger partial charge in [-0.25, -0.2) is 0 Å². The van der Waals surface area contributed by atoms with Gasteiger partial charge in [-0.3, -0.25) is 4.79 Å². The Morgan fingerprint density at radius 2 is 1.79 bits per heavy atom. The summed E-state index contributed by atoms with van der Waals surface area (Å²) in [6.45, 7) is 1.84. The molecule has 1 fully saturated rings. The van der Waals surface area contributed by atoms with Gasteiger partial charge in [-0.2, -0.15) is 0 Å². The molecule has 124 valence electrons. The van der Waals surface area contributed by atoms with E-state index in [1.807, 2.05) is 41.3 Å². The van der Waals surface area contributed by atoms with E-state index >= 15 is 0 Å². The van der Waals surface area contributed by atoms with Crippen LogP contribution in [-0.4, -0.2) is 36.5 Å². The van der Waals surface area contributed by atoms with Gasteiger partial charge < -0.3 is 15.4 Å². The van der Waals surface area contributed by atoms with E-state index in [-0.39, 0.29) is 17.9 Å². The Labute approximate surface area is 142 Å². The van der Waals surface area contributed by atoms with E-state index in [4.69, 9.17) is 10.5 Å². The average Bonchev–Trinajstić information content (AvgIpc) is 3.03. The summed E-state index contributed by atoms with van der Waals surface area (Å²) in [5.74, 6) is 0.227. The zero-order valence-electron chi connectivity index (χ0n) is 13.6. The largest absolute Gasteiger partial charge is 0.363 e. The van der Waals surface area contributed by atoms with Crippen LogP contribution in [0, 0.1) is 0 Å². The second-order valence-corrected chi connectivity index (χ2v) is 6.62. The van der Waals surface area contributed by atoms with Crippen LogP contribution in [0.1, 0.15) is 28.7 Å². The van der Waals surface area contributed by atoms with Crippen LogP contribution in [0.25, 0.3) is 0 Å². The third-order valence-electron chi connectivity index (χ3n) is 5.12. The Morgan fingerprint density at radius 1 is 1.04 bits per heavy atom. The molecule has 2 N–H and O–H groups in total. The van der Waals surface area contributed by atoms with Crippen molar-refractivity contribution in [3.05, 3.63) is 71.3 Å². The molecule has 1 saturated heterocycles. The molecule has 24 heavy (non-hydrogen) atoms. The third-order valence-corrected chi connectivity index (χ3v) is 5.12. The Kier molecular flexibility index (Phi) is 4.08. The van der Waals surface area contributed by atoms with E-state index in [1.165, 1.54) is 11.1 Å². The Balaban J connectivity index is 1.54. The van der Waals surface area contributed by atoms with E-state index < -0.39 is 6.10 Å². The van der Waals surface area contributed by atoms with Crippen LogP contribution in [0.3, 0.4) is 0 Å². The minimum absolute atomic E-state index is 0.0322. The Bertz CT molecular complexity index is 731. The molecular formula is C20H22N2O2. The van der Waals surface area contributed by atoms with Gasteiger partial charge in [0.15, 0.2) is 6.10 Å². The molecule has 2 aromatic rings. The first-order valence-corrected chi connectivity index (χ1v) is 8.53. The number of amides is 1. The second-order valence-electron chi connectivity index (χ2n) is 6.62. The third kappa shape index (κ3) is 2.72. The van der Waals surface area contributed by atoms with Gasteiger partial charge in [0.25, 0.3) is 5.91 Å². The highest BCUT2D eigenvalue weighted by atomic mass is 16.5. The summed E-state index contributed by atoms with van der Waals surface area (Å²) < 4.78 is 5.82. The van der Waals surface area contributed by atoms with Gasteiger partial charge in [0.1, 0.15) is 0 Å². The highest BCUT2D eigenvalue weighted by Crippen LogP contribution is 2.32. The number of nitrogens with two attached hydrogens (primary N) is 1. The topological polar surface area (TPSA) is 55.6 Å². The van der Waals surface area contributed by atoms with Crippen molar-refractivity contribution in [3.63, 3.8) is 0 Å². The van der Waals surface area contributed by atoms with Crippen LogP contribution in [0.4, 0.5) is 0 Å². The molecule has 0 bridgehead atoms. The maximum absolute atomic E-state index is 13.0. The van der Waals surface area contributed by atoms with E-state index in [0.29, 0.717) is 19.7 Å². The SMILES string of the molecule is N[C@@H]1CN(C(=O)C2OCCc3ccccc32)C[C@H]1c1ccccc1. The lowest BCUT2D eigenvalue weighted by Crippen LogP contribution is -2.38. The summed E-state index contributed by atoms with van der Waals surface area (Å²) in [5, 5.41) is 0. The summed E-state index contributed by atoms with van der Waals surface area (Å²) in [6.07, 6.45) is 0.378. The quantitative estimate of drug-likeness (QED) is 0.923. The van der Waals surface area contributed by atoms with Gasteiger partial charge in [-0.15, -0.1) is 0 Å². The van der Waals surface area contributed by atoms with Crippen molar-refractivity contribution >= 4 is 5.91 Å². The van der Waals surface area contributed by atoms with Crippen molar-refractivity contribution in [1.82, 2.24) is 4.90 Å². The highest BCUT2D eigenvalue weighted by Gasteiger charge is 2.38. The maximum Gasteiger partial charge on any atom is 0.256 e. The molecular weight excluding hydrogens is 300 g/mol. The smallest absolute Gasteiger partial charge is 0.256 e. The lowest BCUT2D eigenvalue weighted by molar-refractivity contribution is -0.144. The molecule has 2 heterocycles. The van der Waals surface area contributed by atoms with Crippen molar-refractivity contribution in [1.29, 1.82) is 0 Å². The summed E-state index contributed by atoms with van der Waals surface area (Å²) >= 11 is 0. The Hall–Kier alpha value is -2.17. The molecule has 1 amide bonds. The van der Waals surface area contributed by atoms with Crippen LogP contribution >= 0.6 is 0 Å². The predicted molar refractivity (Wildman–Crippen MR) is 92.6 cm³/mol. The first kappa shape index (κ1) is 15.4. The molecule has 4 heteroatoms. The molecule has 0 radical (unpaired) electrons. The number of hydrogen-bond donors (Lipinski definition) is 1. The fourth-order valence-electron chi connectivity index (χ4n) is 3.83. The number of likely N-dealkylation sites (tertiary alicyclic amines) is 1. The number of rotatable bonds is 2. The van der Waals surface area contributed by atoms with E-state index in [9.17, 15) is 4.79 Å². The Morgan fingerprint density at radius 3 is 2.62 bits per heavy atom. The van der Waals surface area contributed by atoms with E-state index in [0.717, 1.165) is 12.0 Å². The van der Waals surface area contributed by atoms with Crippen LogP contribution in [0.15, 0.2) is 54.6 Å². The van der Waals surface area contributed by atoms with Crippen molar-refractivity contribution < 1.29 is 9.53 Å². The molecule has 0 saturated carbocycles. The minimum Gasteiger partial charge on any atom is -0.363 e. The van der Waals surface area contributed by atoms with Crippen molar-refractivity contribution in [2.24, 2.45) is 5.73 Å². The fourth-order valence-corrected chi connectivity index (χ4v) is 3.83. The van der Waals surface area contributed by atoms with Gasteiger partial charge in [-0.05, 0) is 23.1 Å². The molecule has 4 nitrogen and oxygen atoms in total. The normalized spacial score (nSPS) is 26.2. The number of carbonyl (C=O) groups excluding carboxylic acids is 1. The van der Waals surface area contributed by atoms with E-state index in [1.54, 1.807) is 0 Å².